The summed E-state index contributed by atoms with van der Waals surface area (Å²) in [5, 5.41) is 15.0. The number of ether oxygens (including phenoxy) is 1. The lowest BCUT2D eigenvalue weighted by atomic mass is 10.0. The van der Waals surface area contributed by atoms with Crippen molar-refractivity contribution in [1.29, 1.82) is 0 Å². The molecule has 0 unspecified atom stereocenters. The van der Waals surface area contributed by atoms with Crippen LogP contribution in [0.2, 0.25) is 0 Å². The topological polar surface area (TPSA) is 98.1 Å². The summed E-state index contributed by atoms with van der Waals surface area (Å²) in [5.41, 5.74) is 0.644. The van der Waals surface area contributed by atoms with Gasteiger partial charge in [0.05, 0.1) is 11.1 Å². The molecule has 1 aliphatic heterocycles. The molecular weight excluding hydrogens is 403 g/mol. The van der Waals surface area contributed by atoms with Crippen LogP contribution in [-0.4, -0.2) is 56.6 Å². The number of aromatic nitrogens is 5. The second-order valence-corrected chi connectivity index (χ2v) is 6.96. The Morgan fingerprint density at radius 3 is 2.67 bits per heavy atom. The number of fused-ring (bicyclic) bond motifs is 1. The zero-order valence-corrected chi connectivity index (χ0v) is 15.9. The molecule has 1 saturated heterocycles. The molecule has 0 saturated carbocycles. The van der Waals surface area contributed by atoms with Gasteiger partial charge in [-0.15, -0.1) is 13.2 Å². The summed E-state index contributed by atoms with van der Waals surface area (Å²) in [7, 11) is 1.77. The minimum Gasteiger partial charge on any atom is -0.406 e. The number of nitrogens with zero attached hydrogens (tertiary/aromatic N) is 6. The van der Waals surface area contributed by atoms with E-state index in [-0.39, 0.29) is 17.7 Å². The minimum atomic E-state index is -4.77. The normalized spacial score (nSPS) is 15.4. The van der Waals surface area contributed by atoms with Crippen LogP contribution in [0, 0.1) is 0 Å². The largest absolute Gasteiger partial charge is 0.573 e. The fourth-order valence-electron chi connectivity index (χ4n) is 3.41. The Hall–Kier alpha value is -3.44. The second-order valence-electron chi connectivity index (χ2n) is 6.96. The van der Waals surface area contributed by atoms with Gasteiger partial charge in [-0.05, 0) is 41.5 Å². The van der Waals surface area contributed by atoms with E-state index in [2.05, 4.69) is 35.5 Å². The van der Waals surface area contributed by atoms with Crippen molar-refractivity contribution in [2.24, 2.45) is 7.05 Å². The average Bonchev–Trinajstić information content (AvgIpc) is 3.13. The Balaban J connectivity index is 1.39. The quantitative estimate of drug-likeness (QED) is 0.689. The number of tetrazole rings is 1. The van der Waals surface area contributed by atoms with Gasteiger partial charge in [0.2, 0.25) is 5.95 Å². The van der Waals surface area contributed by atoms with Crippen molar-refractivity contribution in [2.75, 3.05) is 18.0 Å². The number of amides is 1. The summed E-state index contributed by atoms with van der Waals surface area (Å²) >= 11 is 0. The number of piperidine rings is 1. The first-order chi connectivity index (χ1) is 14.3. The number of hydrogen-bond acceptors (Lipinski definition) is 7. The van der Waals surface area contributed by atoms with E-state index in [1.807, 2.05) is 0 Å². The SMILES string of the molecule is Cn1nnnc1N1CCC(NC(=O)c2cnc3cc(OC(F)(F)F)ccc3c2)CC1. The number of pyridine rings is 1. The van der Waals surface area contributed by atoms with Gasteiger partial charge in [0.1, 0.15) is 5.75 Å². The van der Waals surface area contributed by atoms with E-state index in [4.69, 9.17) is 0 Å². The zero-order chi connectivity index (χ0) is 21.3. The number of carbonyl (C=O) groups excluding carboxylic acids is 1. The van der Waals surface area contributed by atoms with Gasteiger partial charge in [0, 0.05) is 43.8 Å². The molecule has 0 bridgehead atoms. The molecule has 1 aliphatic rings. The molecule has 4 rings (SSSR count). The van der Waals surface area contributed by atoms with Crippen molar-refractivity contribution in [3.05, 3.63) is 36.0 Å². The summed E-state index contributed by atoms with van der Waals surface area (Å²) in [5.74, 6) is 0.0516. The monoisotopic (exact) mass is 421 g/mol. The number of anilines is 1. The van der Waals surface area contributed by atoms with Crippen molar-refractivity contribution in [3.63, 3.8) is 0 Å². The first-order valence-corrected chi connectivity index (χ1v) is 9.22. The van der Waals surface area contributed by atoms with Crippen LogP contribution >= 0.6 is 0 Å². The highest BCUT2D eigenvalue weighted by Gasteiger charge is 2.31. The molecule has 0 radical (unpaired) electrons. The number of alkyl halides is 3. The second kappa shape index (κ2) is 7.76. The van der Waals surface area contributed by atoms with E-state index < -0.39 is 6.36 Å². The standard InChI is InChI=1S/C18H18F3N7O2/c1-27-17(24-25-26-27)28-6-4-13(5-7-28)23-16(29)12-8-11-2-3-14(30-18(19,20)21)9-15(11)22-10-12/h2-3,8-10,13H,4-7H2,1H3,(H,23,29). The predicted octanol–water partition coefficient (Wildman–Crippen LogP) is 2.06. The van der Waals surface area contributed by atoms with Crippen molar-refractivity contribution < 1.29 is 22.7 Å². The predicted molar refractivity (Wildman–Crippen MR) is 99.9 cm³/mol. The van der Waals surface area contributed by atoms with Crippen molar-refractivity contribution >= 4 is 22.8 Å². The molecule has 30 heavy (non-hydrogen) atoms. The van der Waals surface area contributed by atoms with Gasteiger partial charge in [-0.1, -0.05) is 5.10 Å². The molecule has 1 N–H and O–H groups in total. The van der Waals surface area contributed by atoms with Gasteiger partial charge in [-0.2, -0.15) is 0 Å². The Kier molecular flexibility index (Phi) is 5.14. The van der Waals surface area contributed by atoms with Gasteiger partial charge >= 0.3 is 6.36 Å². The first-order valence-electron chi connectivity index (χ1n) is 9.22. The molecule has 1 aromatic carbocycles. The molecular formula is C18H18F3N7O2. The Morgan fingerprint density at radius 2 is 2.00 bits per heavy atom. The van der Waals surface area contributed by atoms with Crippen LogP contribution in [0.5, 0.6) is 5.75 Å². The minimum absolute atomic E-state index is 0.00630. The van der Waals surface area contributed by atoms with Crippen LogP contribution in [0.25, 0.3) is 10.9 Å². The highest BCUT2D eigenvalue weighted by atomic mass is 19.4. The molecule has 0 spiro atoms. The van der Waals surface area contributed by atoms with Crippen molar-refractivity contribution in [2.45, 2.75) is 25.2 Å². The number of aryl methyl sites for hydroxylation is 1. The van der Waals surface area contributed by atoms with E-state index in [0.29, 0.717) is 35.5 Å². The summed E-state index contributed by atoms with van der Waals surface area (Å²) < 4.78 is 42.5. The molecule has 9 nitrogen and oxygen atoms in total. The Morgan fingerprint density at radius 1 is 1.23 bits per heavy atom. The summed E-state index contributed by atoms with van der Waals surface area (Å²) in [6.07, 6.45) is -1.96. The molecule has 0 aliphatic carbocycles. The number of hydrogen-bond donors (Lipinski definition) is 1. The molecule has 0 atom stereocenters. The van der Waals surface area contributed by atoms with Crippen LogP contribution < -0.4 is 15.0 Å². The smallest absolute Gasteiger partial charge is 0.406 e. The first kappa shape index (κ1) is 19.9. The van der Waals surface area contributed by atoms with E-state index >= 15 is 0 Å². The number of nitrogens with one attached hydrogen (secondary N) is 1. The summed E-state index contributed by atoms with van der Waals surface area (Å²) in [6.45, 7) is 1.41. The molecule has 12 heteroatoms. The number of halogens is 3. The molecule has 158 valence electrons. The van der Waals surface area contributed by atoms with E-state index in [1.54, 1.807) is 17.8 Å². The van der Waals surface area contributed by atoms with E-state index in [1.165, 1.54) is 24.4 Å². The highest BCUT2D eigenvalue weighted by molar-refractivity contribution is 5.97. The third-order valence-corrected chi connectivity index (χ3v) is 4.86. The molecule has 2 aromatic heterocycles. The Bertz CT molecular complexity index is 1060. The molecule has 1 amide bonds. The number of carbonyl (C=O) groups is 1. The van der Waals surface area contributed by atoms with Crippen molar-refractivity contribution in [1.82, 2.24) is 30.5 Å². The highest BCUT2D eigenvalue weighted by Crippen LogP contribution is 2.26. The maximum absolute atomic E-state index is 12.6. The lowest BCUT2D eigenvalue weighted by molar-refractivity contribution is -0.274. The van der Waals surface area contributed by atoms with Gasteiger partial charge in [0.25, 0.3) is 5.91 Å². The van der Waals surface area contributed by atoms with Crippen LogP contribution in [-0.2, 0) is 7.05 Å². The van der Waals surface area contributed by atoms with Gasteiger partial charge < -0.3 is 15.0 Å². The van der Waals surface area contributed by atoms with Crippen LogP contribution in [0.3, 0.4) is 0 Å². The lowest BCUT2D eigenvalue weighted by Gasteiger charge is -2.32. The van der Waals surface area contributed by atoms with E-state index in [0.717, 1.165) is 12.8 Å². The third-order valence-electron chi connectivity index (χ3n) is 4.86. The maximum atomic E-state index is 12.6. The van der Waals surface area contributed by atoms with Crippen LogP contribution in [0.1, 0.15) is 23.2 Å². The number of benzene rings is 1. The fraction of sp³-hybridized carbons (Fsp3) is 0.389. The van der Waals surface area contributed by atoms with Crippen LogP contribution in [0.4, 0.5) is 19.1 Å². The van der Waals surface area contributed by atoms with Gasteiger partial charge in [-0.25, -0.2) is 4.68 Å². The van der Waals surface area contributed by atoms with E-state index in [9.17, 15) is 18.0 Å². The molecule has 3 aromatic rings. The summed E-state index contributed by atoms with van der Waals surface area (Å²) in [4.78, 5) is 18.8. The maximum Gasteiger partial charge on any atom is 0.573 e. The number of rotatable bonds is 4. The summed E-state index contributed by atoms with van der Waals surface area (Å²) in [6, 6.07) is 5.40. The fourth-order valence-corrected chi connectivity index (χ4v) is 3.41. The third kappa shape index (κ3) is 4.42. The zero-order valence-electron chi connectivity index (χ0n) is 15.9. The van der Waals surface area contributed by atoms with Crippen molar-refractivity contribution in [3.8, 4) is 5.75 Å². The van der Waals surface area contributed by atoms with Crippen LogP contribution in [0.15, 0.2) is 30.5 Å². The average molecular weight is 421 g/mol. The lowest BCUT2D eigenvalue weighted by Crippen LogP contribution is -2.45. The molecule has 1 fully saturated rings. The van der Waals surface area contributed by atoms with Gasteiger partial charge in [0.15, 0.2) is 0 Å². The molecule has 3 heterocycles. The van der Waals surface area contributed by atoms with Gasteiger partial charge in [-0.3, -0.25) is 9.78 Å². The Labute approximate surface area is 168 Å².